The maximum atomic E-state index is 5.07. The molecule has 1 aromatic heterocycles. The van der Waals surface area contributed by atoms with Gasteiger partial charge in [-0.1, -0.05) is 13.8 Å². The monoisotopic (exact) mass is 215 g/mol. The van der Waals surface area contributed by atoms with Gasteiger partial charge in [-0.2, -0.15) is 4.37 Å². The van der Waals surface area contributed by atoms with Crippen LogP contribution >= 0.6 is 11.5 Å². The van der Waals surface area contributed by atoms with Gasteiger partial charge >= 0.3 is 0 Å². The Kier molecular flexibility index (Phi) is 4.82. The topological polar surface area (TPSA) is 38.2 Å². The lowest BCUT2D eigenvalue weighted by atomic mass is 10.2. The van der Waals surface area contributed by atoms with Gasteiger partial charge in [0.2, 0.25) is 5.13 Å². The minimum absolute atomic E-state index is 0.621. The Bertz CT molecular complexity index is 238. The molecular formula is C9H17N3OS. The summed E-state index contributed by atoms with van der Waals surface area (Å²) in [7, 11) is 1.72. The summed E-state index contributed by atoms with van der Waals surface area (Å²) in [5.74, 6) is 0.621. The van der Waals surface area contributed by atoms with Crippen molar-refractivity contribution in [2.24, 2.45) is 5.92 Å². The zero-order valence-electron chi connectivity index (χ0n) is 8.93. The highest BCUT2D eigenvalue weighted by atomic mass is 32.1. The maximum absolute atomic E-state index is 5.07. The van der Waals surface area contributed by atoms with Gasteiger partial charge in [0.05, 0.1) is 6.61 Å². The molecule has 0 aliphatic carbocycles. The molecule has 0 aliphatic heterocycles. The molecule has 0 amide bonds. The average Bonchev–Trinajstić information content (AvgIpc) is 2.64. The number of rotatable bonds is 6. The predicted octanol–water partition coefficient (Wildman–Crippen LogP) is 1.65. The van der Waals surface area contributed by atoms with Gasteiger partial charge in [-0.3, -0.25) is 0 Å². The van der Waals surface area contributed by atoms with Gasteiger partial charge in [0.1, 0.15) is 6.33 Å². The van der Waals surface area contributed by atoms with E-state index in [0.29, 0.717) is 5.92 Å². The SMILES string of the molecule is COCCN(CC(C)C)c1ncns1. The molecule has 0 fully saturated rings. The van der Waals surface area contributed by atoms with Crippen molar-refractivity contribution in [3.05, 3.63) is 6.33 Å². The third-order valence-electron chi connectivity index (χ3n) is 1.77. The molecular weight excluding hydrogens is 198 g/mol. The van der Waals surface area contributed by atoms with E-state index in [1.807, 2.05) is 0 Å². The summed E-state index contributed by atoms with van der Waals surface area (Å²) in [6.07, 6.45) is 1.60. The van der Waals surface area contributed by atoms with Gasteiger partial charge in [0, 0.05) is 31.7 Å². The molecule has 0 aromatic carbocycles. The van der Waals surface area contributed by atoms with Gasteiger partial charge in [-0.05, 0) is 5.92 Å². The van der Waals surface area contributed by atoms with Crippen LogP contribution in [0, 0.1) is 5.92 Å². The summed E-state index contributed by atoms with van der Waals surface area (Å²) >= 11 is 1.43. The molecule has 0 N–H and O–H groups in total. The molecule has 0 spiro atoms. The fraction of sp³-hybridized carbons (Fsp3) is 0.778. The molecule has 0 saturated heterocycles. The van der Waals surface area contributed by atoms with E-state index in [1.165, 1.54) is 11.5 Å². The minimum atomic E-state index is 0.621. The fourth-order valence-electron chi connectivity index (χ4n) is 1.21. The van der Waals surface area contributed by atoms with Crippen LogP contribution in [-0.2, 0) is 4.74 Å². The van der Waals surface area contributed by atoms with Crippen LogP contribution in [0.1, 0.15) is 13.8 Å². The Balaban J connectivity index is 2.53. The van der Waals surface area contributed by atoms with E-state index in [0.717, 1.165) is 24.8 Å². The lowest BCUT2D eigenvalue weighted by Gasteiger charge is -2.22. The third kappa shape index (κ3) is 3.59. The normalized spacial score (nSPS) is 10.9. The molecule has 0 radical (unpaired) electrons. The van der Waals surface area contributed by atoms with Gasteiger partial charge in [0.15, 0.2) is 0 Å². The molecule has 1 rings (SSSR count). The number of hydrogen-bond donors (Lipinski definition) is 0. The largest absolute Gasteiger partial charge is 0.383 e. The van der Waals surface area contributed by atoms with Crippen molar-refractivity contribution < 1.29 is 4.74 Å². The molecule has 80 valence electrons. The summed E-state index contributed by atoms with van der Waals surface area (Å²) < 4.78 is 9.07. The summed E-state index contributed by atoms with van der Waals surface area (Å²) in [5.41, 5.74) is 0. The molecule has 1 aromatic rings. The van der Waals surface area contributed by atoms with Crippen LogP contribution in [0.4, 0.5) is 5.13 Å². The van der Waals surface area contributed by atoms with Crippen molar-refractivity contribution in [3.8, 4) is 0 Å². The van der Waals surface area contributed by atoms with Gasteiger partial charge in [-0.15, -0.1) is 0 Å². The first-order valence-corrected chi connectivity index (χ1v) is 5.52. The van der Waals surface area contributed by atoms with Crippen LogP contribution in [-0.4, -0.2) is 36.2 Å². The standard InChI is InChI=1S/C9H17N3OS/c1-8(2)6-12(4-5-13-3)9-10-7-11-14-9/h7-8H,4-6H2,1-3H3. The van der Waals surface area contributed by atoms with Crippen LogP contribution in [0.2, 0.25) is 0 Å². The zero-order valence-corrected chi connectivity index (χ0v) is 9.75. The second-order valence-corrected chi connectivity index (χ2v) is 4.32. The van der Waals surface area contributed by atoms with Crippen LogP contribution in [0.5, 0.6) is 0 Å². The van der Waals surface area contributed by atoms with Crippen molar-refractivity contribution in [1.82, 2.24) is 9.36 Å². The molecule has 0 aliphatic rings. The highest BCUT2D eigenvalue weighted by molar-refractivity contribution is 7.09. The Labute approximate surface area is 89.1 Å². The molecule has 14 heavy (non-hydrogen) atoms. The number of nitrogens with zero attached hydrogens (tertiary/aromatic N) is 3. The summed E-state index contributed by atoms with van der Waals surface area (Å²) in [5, 5.41) is 0.982. The van der Waals surface area contributed by atoms with E-state index >= 15 is 0 Å². The molecule has 0 bridgehead atoms. The lowest BCUT2D eigenvalue weighted by Crippen LogP contribution is -2.30. The average molecular weight is 215 g/mol. The van der Waals surface area contributed by atoms with Crippen LogP contribution in [0.15, 0.2) is 6.33 Å². The third-order valence-corrected chi connectivity index (χ3v) is 2.50. The second-order valence-electron chi connectivity index (χ2n) is 3.56. The molecule has 1 heterocycles. The smallest absolute Gasteiger partial charge is 0.205 e. The first-order valence-electron chi connectivity index (χ1n) is 4.74. The van der Waals surface area contributed by atoms with E-state index in [4.69, 9.17) is 4.74 Å². The first-order chi connectivity index (χ1) is 6.74. The number of hydrogen-bond acceptors (Lipinski definition) is 5. The minimum Gasteiger partial charge on any atom is -0.383 e. The summed E-state index contributed by atoms with van der Waals surface area (Å²) in [4.78, 5) is 6.41. The number of anilines is 1. The second kappa shape index (κ2) is 5.93. The van der Waals surface area contributed by atoms with Gasteiger partial charge in [0.25, 0.3) is 0 Å². The predicted molar refractivity (Wildman–Crippen MR) is 58.8 cm³/mol. The van der Waals surface area contributed by atoms with E-state index in [-0.39, 0.29) is 0 Å². The number of ether oxygens (including phenoxy) is 1. The van der Waals surface area contributed by atoms with Gasteiger partial charge < -0.3 is 9.64 Å². The number of aromatic nitrogens is 2. The van der Waals surface area contributed by atoms with Crippen LogP contribution in [0.25, 0.3) is 0 Å². The maximum Gasteiger partial charge on any atom is 0.205 e. The van der Waals surface area contributed by atoms with Crippen LogP contribution < -0.4 is 4.90 Å². The quantitative estimate of drug-likeness (QED) is 0.723. The van der Waals surface area contributed by atoms with Crippen molar-refractivity contribution >= 4 is 16.7 Å². The molecule has 4 nitrogen and oxygen atoms in total. The summed E-state index contributed by atoms with van der Waals surface area (Å²) in [6, 6.07) is 0. The summed E-state index contributed by atoms with van der Waals surface area (Å²) in [6.45, 7) is 7.00. The highest BCUT2D eigenvalue weighted by Gasteiger charge is 2.10. The van der Waals surface area contributed by atoms with E-state index in [1.54, 1.807) is 13.4 Å². The molecule has 0 unspecified atom stereocenters. The van der Waals surface area contributed by atoms with Crippen molar-refractivity contribution in [2.75, 3.05) is 31.7 Å². The Morgan fingerprint density at radius 2 is 2.36 bits per heavy atom. The van der Waals surface area contributed by atoms with Crippen molar-refractivity contribution in [2.45, 2.75) is 13.8 Å². The number of methoxy groups -OCH3 is 1. The Morgan fingerprint density at radius 3 is 2.86 bits per heavy atom. The van der Waals surface area contributed by atoms with Crippen molar-refractivity contribution in [3.63, 3.8) is 0 Å². The highest BCUT2D eigenvalue weighted by Crippen LogP contribution is 2.15. The van der Waals surface area contributed by atoms with Crippen LogP contribution in [0.3, 0.4) is 0 Å². The van der Waals surface area contributed by atoms with Crippen molar-refractivity contribution in [1.29, 1.82) is 0 Å². The van der Waals surface area contributed by atoms with E-state index in [2.05, 4.69) is 28.1 Å². The van der Waals surface area contributed by atoms with E-state index < -0.39 is 0 Å². The molecule has 5 heteroatoms. The molecule has 0 atom stereocenters. The first kappa shape index (κ1) is 11.4. The Hall–Kier alpha value is -0.680. The van der Waals surface area contributed by atoms with Gasteiger partial charge in [-0.25, -0.2) is 4.98 Å². The molecule has 0 saturated carbocycles. The zero-order chi connectivity index (χ0) is 10.4. The lowest BCUT2D eigenvalue weighted by molar-refractivity contribution is 0.204. The van der Waals surface area contributed by atoms with E-state index in [9.17, 15) is 0 Å². The Morgan fingerprint density at radius 1 is 1.57 bits per heavy atom. The fourth-order valence-corrected chi connectivity index (χ4v) is 1.78.